The number of nitrogens with zero attached hydrogens (tertiary/aromatic N) is 1. The Kier molecular flexibility index (Phi) is 6.53. The molecule has 2 saturated heterocycles. The van der Waals surface area contributed by atoms with Gasteiger partial charge in [0, 0.05) is 12.1 Å². The first-order valence-corrected chi connectivity index (χ1v) is 9.40. The highest BCUT2D eigenvalue weighted by molar-refractivity contribution is 7.79. The fraction of sp³-hybridized carbons (Fsp3) is 0.562. The van der Waals surface area contributed by atoms with E-state index in [-0.39, 0.29) is 6.10 Å². The number of carbonyl (C=O) groups is 1. The standard InChI is InChI=1S/C16H21NO3.H2O4S/c1-17-12-7-8-13(17)10-14(9-12)20-16(19)15(18)11-5-3-2-4-6-11;1-5(2,3)4/h2-6,12-15,18H,7-10H2,1H3;(H2,1,2,3,4)/t12-,13+,14?,15-;/m0./s1. The van der Waals surface area contributed by atoms with Crippen LogP contribution in [-0.2, 0) is 19.9 Å². The smallest absolute Gasteiger partial charge is 0.394 e. The lowest BCUT2D eigenvalue weighted by atomic mass is 10.0. The zero-order valence-electron chi connectivity index (χ0n) is 13.9. The highest BCUT2D eigenvalue weighted by Crippen LogP contribution is 2.35. The van der Waals surface area contributed by atoms with E-state index in [1.54, 1.807) is 12.1 Å². The Balaban J connectivity index is 0.000000399. The molecular formula is C16H23NO7S. The van der Waals surface area contributed by atoms with E-state index in [9.17, 15) is 9.90 Å². The summed E-state index contributed by atoms with van der Waals surface area (Å²) >= 11 is 0. The molecule has 140 valence electrons. The van der Waals surface area contributed by atoms with E-state index in [2.05, 4.69) is 11.9 Å². The number of esters is 1. The van der Waals surface area contributed by atoms with Crippen LogP contribution in [0.1, 0.15) is 37.4 Å². The molecule has 3 rings (SSSR count). The van der Waals surface area contributed by atoms with Gasteiger partial charge >= 0.3 is 16.4 Å². The summed E-state index contributed by atoms with van der Waals surface area (Å²) in [6.07, 6.45) is 2.94. The van der Waals surface area contributed by atoms with Crippen molar-refractivity contribution < 1.29 is 32.2 Å². The van der Waals surface area contributed by atoms with Gasteiger partial charge in [0.2, 0.25) is 0 Å². The van der Waals surface area contributed by atoms with Gasteiger partial charge in [-0.25, -0.2) is 4.79 Å². The molecule has 2 bridgehead atoms. The van der Waals surface area contributed by atoms with Crippen LogP contribution in [0.25, 0.3) is 0 Å². The Morgan fingerprint density at radius 1 is 1.16 bits per heavy atom. The number of aliphatic hydroxyl groups is 1. The number of hydrogen-bond acceptors (Lipinski definition) is 6. The lowest BCUT2D eigenvalue weighted by Gasteiger charge is -2.36. The Bertz CT molecular complexity index is 657. The van der Waals surface area contributed by atoms with Gasteiger partial charge in [-0.1, -0.05) is 30.3 Å². The van der Waals surface area contributed by atoms with Crippen LogP contribution < -0.4 is 0 Å². The van der Waals surface area contributed by atoms with Gasteiger partial charge in [0.05, 0.1) is 0 Å². The molecule has 4 atom stereocenters. The Morgan fingerprint density at radius 2 is 1.64 bits per heavy atom. The van der Waals surface area contributed by atoms with Crippen LogP contribution in [0, 0.1) is 0 Å². The topological polar surface area (TPSA) is 124 Å². The minimum atomic E-state index is -4.67. The molecule has 1 aromatic rings. The van der Waals surface area contributed by atoms with Crippen molar-refractivity contribution in [3.05, 3.63) is 35.9 Å². The largest absolute Gasteiger partial charge is 0.460 e. The van der Waals surface area contributed by atoms with Crippen LogP contribution in [0.3, 0.4) is 0 Å². The molecule has 2 heterocycles. The third kappa shape index (κ3) is 6.05. The lowest BCUT2D eigenvalue weighted by Crippen LogP contribution is -2.43. The molecule has 2 fully saturated rings. The summed E-state index contributed by atoms with van der Waals surface area (Å²) < 4.78 is 37.1. The highest BCUT2D eigenvalue weighted by atomic mass is 32.3. The van der Waals surface area contributed by atoms with Crippen molar-refractivity contribution in [3.8, 4) is 0 Å². The molecule has 25 heavy (non-hydrogen) atoms. The second kappa shape index (κ2) is 8.24. The van der Waals surface area contributed by atoms with Gasteiger partial charge in [0.15, 0.2) is 6.10 Å². The number of benzene rings is 1. The second-order valence-electron chi connectivity index (χ2n) is 6.34. The van der Waals surface area contributed by atoms with E-state index in [4.69, 9.17) is 22.3 Å². The highest BCUT2D eigenvalue weighted by Gasteiger charge is 2.40. The van der Waals surface area contributed by atoms with Crippen molar-refractivity contribution in [1.29, 1.82) is 0 Å². The second-order valence-corrected chi connectivity index (χ2v) is 7.24. The summed E-state index contributed by atoms with van der Waals surface area (Å²) in [7, 11) is -2.51. The minimum absolute atomic E-state index is 0.0467. The minimum Gasteiger partial charge on any atom is -0.460 e. The Morgan fingerprint density at radius 3 is 2.12 bits per heavy atom. The van der Waals surface area contributed by atoms with Gasteiger partial charge in [-0.3, -0.25) is 9.11 Å². The summed E-state index contributed by atoms with van der Waals surface area (Å²) in [5, 5.41) is 10.0. The zero-order chi connectivity index (χ0) is 18.6. The first-order valence-electron chi connectivity index (χ1n) is 8.00. The van der Waals surface area contributed by atoms with Crippen LogP contribution in [0.15, 0.2) is 30.3 Å². The molecule has 0 amide bonds. The first-order chi connectivity index (χ1) is 11.6. The third-order valence-corrected chi connectivity index (χ3v) is 4.68. The first kappa shape index (κ1) is 19.8. The Hall–Kier alpha value is -1.52. The van der Waals surface area contributed by atoms with E-state index in [0.29, 0.717) is 17.6 Å². The van der Waals surface area contributed by atoms with Crippen LogP contribution in [0.2, 0.25) is 0 Å². The summed E-state index contributed by atoms with van der Waals surface area (Å²) in [6.45, 7) is 0. The molecule has 0 saturated carbocycles. The van der Waals surface area contributed by atoms with Crippen LogP contribution in [-0.4, -0.2) is 58.7 Å². The number of hydrogen-bond donors (Lipinski definition) is 3. The molecule has 2 aliphatic rings. The van der Waals surface area contributed by atoms with Gasteiger partial charge < -0.3 is 14.7 Å². The van der Waals surface area contributed by atoms with E-state index < -0.39 is 22.5 Å². The van der Waals surface area contributed by atoms with E-state index in [0.717, 1.165) is 12.8 Å². The third-order valence-electron chi connectivity index (χ3n) is 4.68. The molecule has 2 aliphatic heterocycles. The molecule has 9 heteroatoms. The molecule has 1 aromatic carbocycles. The predicted octanol–water partition coefficient (Wildman–Crippen LogP) is 1.24. The molecule has 3 N–H and O–H groups in total. The summed E-state index contributed by atoms with van der Waals surface area (Å²) in [5.74, 6) is -0.523. The van der Waals surface area contributed by atoms with Gasteiger partial charge in [0.1, 0.15) is 6.10 Å². The Labute approximate surface area is 147 Å². The molecular weight excluding hydrogens is 350 g/mol. The van der Waals surface area contributed by atoms with Gasteiger partial charge in [-0.2, -0.15) is 8.42 Å². The molecule has 0 radical (unpaired) electrons. The number of aliphatic hydroxyl groups excluding tert-OH is 1. The maximum absolute atomic E-state index is 12.0. The SMILES string of the molecule is CN1[C@@H]2CC[C@H]1CC(OC(=O)[C@@H](O)c1ccccc1)C2.O=S(=O)(O)O. The van der Waals surface area contributed by atoms with Crippen LogP contribution in [0.5, 0.6) is 0 Å². The van der Waals surface area contributed by atoms with Crippen LogP contribution >= 0.6 is 0 Å². The van der Waals surface area contributed by atoms with Gasteiger partial charge in [0.25, 0.3) is 0 Å². The number of fused-ring (bicyclic) bond motifs is 2. The van der Waals surface area contributed by atoms with Crippen molar-refractivity contribution in [2.24, 2.45) is 0 Å². The normalized spacial score (nSPS) is 27.1. The fourth-order valence-electron chi connectivity index (χ4n) is 3.46. The summed E-state index contributed by atoms with van der Waals surface area (Å²) in [4.78, 5) is 14.4. The molecule has 0 aromatic heterocycles. The van der Waals surface area contributed by atoms with Gasteiger partial charge in [-0.15, -0.1) is 0 Å². The monoisotopic (exact) mass is 373 g/mol. The van der Waals surface area contributed by atoms with Crippen molar-refractivity contribution in [1.82, 2.24) is 4.90 Å². The quantitative estimate of drug-likeness (QED) is 0.534. The zero-order valence-corrected chi connectivity index (χ0v) is 14.7. The van der Waals surface area contributed by atoms with E-state index in [1.165, 1.54) is 12.8 Å². The van der Waals surface area contributed by atoms with Crippen molar-refractivity contribution in [2.75, 3.05) is 7.05 Å². The van der Waals surface area contributed by atoms with Gasteiger partial charge in [-0.05, 0) is 38.3 Å². The number of rotatable bonds is 3. The summed E-state index contributed by atoms with van der Waals surface area (Å²) in [6, 6.07) is 10.0. The molecule has 0 aliphatic carbocycles. The average Bonchev–Trinajstić information content (AvgIpc) is 2.74. The van der Waals surface area contributed by atoms with Crippen molar-refractivity contribution in [3.63, 3.8) is 0 Å². The average molecular weight is 373 g/mol. The lowest BCUT2D eigenvalue weighted by molar-refractivity contribution is -0.162. The number of piperidine rings is 1. The summed E-state index contributed by atoms with van der Waals surface area (Å²) in [5.41, 5.74) is 0.591. The number of carbonyl (C=O) groups excluding carboxylic acids is 1. The molecule has 8 nitrogen and oxygen atoms in total. The fourth-order valence-corrected chi connectivity index (χ4v) is 3.46. The molecule has 1 unspecified atom stereocenters. The van der Waals surface area contributed by atoms with Crippen LogP contribution in [0.4, 0.5) is 0 Å². The maximum atomic E-state index is 12.0. The predicted molar refractivity (Wildman–Crippen MR) is 89.3 cm³/mol. The van der Waals surface area contributed by atoms with E-state index >= 15 is 0 Å². The number of ether oxygens (including phenoxy) is 1. The van der Waals surface area contributed by atoms with Crippen molar-refractivity contribution in [2.45, 2.75) is 50.0 Å². The van der Waals surface area contributed by atoms with E-state index in [1.807, 2.05) is 18.2 Å². The molecule has 0 spiro atoms. The van der Waals surface area contributed by atoms with Crippen molar-refractivity contribution >= 4 is 16.4 Å². The maximum Gasteiger partial charge on any atom is 0.394 e.